The number of para-hydroxylation sites is 2. The lowest BCUT2D eigenvalue weighted by atomic mass is 10.3. The summed E-state index contributed by atoms with van der Waals surface area (Å²) in [5, 5.41) is 0.435. The summed E-state index contributed by atoms with van der Waals surface area (Å²) in [6, 6.07) is 10.2. The summed E-state index contributed by atoms with van der Waals surface area (Å²) in [5.74, 6) is 0.546. The van der Waals surface area contributed by atoms with Gasteiger partial charge in [0, 0.05) is 51.7 Å². The lowest BCUT2D eigenvalue weighted by Gasteiger charge is -2.33. The maximum atomic E-state index is 12.8. The molecule has 12 nitrogen and oxygen atoms in total. The number of pyridine rings is 1. The van der Waals surface area contributed by atoms with E-state index in [2.05, 4.69) is 19.9 Å². The number of likely N-dealkylation sites (N-methyl/N-ethyl adjacent to an activating group) is 1. The molecule has 13 heteroatoms. The van der Waals surface area contributed by atoms with Gasteiger partial charge in [0.1, 0.15) is 11.5 Å². The van der Waals surface area contributed by atoms with Crippen LogP contribution in [0.4, 0.5) is 10.6 Å². The minimum absolute atomic E-state index is 0.144. The van der Waals surface area contributed by atoms with Crippen molar-refractivity contribution in [2.24, 2.45) is 0 Å². The van der Waals surface area contributed by atoms with E-state index in [1.807, 2.05) is 13.1 Å². The molecule has 1 fully saturated rings. The second kappa shape index (κ2) is 12.5. The number of amides is 2. The number of fused-ring (bicyclic) bond motifs is 1. The summed E-state index contributed by atoms with van der Waals surface area (Å²) in [4.78, 5) is 53.6. The lowest BCUT2D eigenvalue weighted by molar-refractivity contribution is -0.132. The third-order valence-electron chi connectivity index (χ3n) is 5.87. The van der Waals surface area contributed by atoms with E-state index >= 15 is 0 Å². The number of hydrogen-bond donors (Lipinski definition) is 0. The predicted molar refractivity (Wildman–Crippen MR) is 141 cm³/mol. The molecule has 2 aliphatic rings. The molecular weight excluding hydrogens is 528 g/mol. The van der Waals surface area contributed by atoms with E-state index in [0.717, 1.165) is 13.1 Å². The van der Waals surface area contributed by atoms with Gasteiger partial charge in [0.25, 0.3) is 5.91 Å². The van der Waals surface area contributed by atoms with Gasteiger partial charge >= 0.3 is 12.1 Å². The highest BCUT2D eigenvalue weighted by Gasteiger charge is 2.44. The van der Waals surface area contributed by atoms with Crippen LogP contribution in [0.5, 0.6) is 11.5 Å². The van der Waals surface area contributed by atoms with Crippen molar-refractivity contribution in [2.45, 2.75) is 13.2 Å². The fourth-order valence-corrected chi connectivity index (χ4v) is 4.01. The topological polar surface area (TPSA) is 127 Å². The number of hydrogen-bond acceptors (Lipinski definition) is 10. The highest BCUT2D eigenvalue weighted by molar-refractivity contribution is 6.30. The number of rotatable bonds is 4. The number of esters is 1. The first-order valence-electron chi connectivity index (χ1n) is 12.0. The summed E-state index contributed by atoms with van der Waals surface area (Å²) in [6.07, 6.45) is 2.78. The number of ether oxygens (including phenoxy) is 3. The van der Waals surface area contributed by atoms with E-state index < -0.39 is 18.2 Å². The minimum atomic E-state index is -1.03. The highest BCUT2D eigenvalue weighted by atomic mass is 35.5. The zero-order valence-electron chi connectivity index (χ0n) is 21.6. The van der Waals surface area contributed by atoms with Crippen LogP contribution in [0.3, 0.4) is 0 Å². The quantitative estimate of drug-likeness (QED) is 0.350. The Labute approximate surface area is 230 Å². The number of halogens is 1. The fourth-order valence-electron chi connectivity index (χ4n) is 3.90. The third-order valence-corrected chi connectivity index (χ3v) is 6.10. The van der Waals surface area contributed by atoms with Gasteiger partial charge in [-0.2, -0.15) is 0 Å². The SMILES string of the molecule is CN1CCN(C(=O)OC2c3nccnc3C(=O)N2c2ccc(Cl)cn2)CC1.COc1ccccc1OC(C)=O. The molecule has 1 saturated heterocycles. The summed E-state index contributed by atoms with van der Waals surface area (Å²) in [7, 11) is 3.53. The van der Waals surface area contributed by atoms with Crippen molar-refractivity contribution in [3.63, 3.8) is 0 Å². The number of benzene rings is 1. The van der Waals surface area contributed by atoms with Crippen LogP contribution < -0.4 is 14.4 Å². The standard InChI is InChI=1S/C17H17ClN6O3.C9H10O3/c1-22-6-8-23(9-7-22)17(26)27-16-14-13(19-4-5-20-14)15(25)24(16)12-3-2-11(18)10-21-12;1-7(10)12-9-6-4-3-5-8(9)11-2/h2-5,10,16H,6-9H2,1H3;3-6H,1-2H3. The zero-order chi connectivity index (χ0) is 27.9. The minimum Gasteiger partial charge on any atom is -0.493 e. The van der Waals surface area contributed by atoms with Gasteiger partial charge in [-0.25, -0.2) is 19.7 Å². The fraction of sp³-hybridized carbons (Fsp3) is 0.308. The Kier molecular flexibility index (Phi) is 8.89. The molecule has 4 heterocycles. The van der Waals surface area contributed by atoms with Gasteiger partial charge in [0.2, 0.25) is 6.23 Å². The number of aromatic nitrogens is 3. The van der Waals surface area contributed by atoms with Crippen molar-refractivity contribution in [1.29, 1.82) is 0 Å². The molecule has 0 radical (unpaired) electrons. The number of piperazine rings is 1. The molecule has 1 aromatic carbocycles. The average molecular weight is 555 g/mol. The lowest BCUT2D eigenvalue weighted by Crippen LogP contribution is -2.48. The Balaban J connectivity index is 0.000000247. The van der Waals surface area contributed by atoms with Gasteiger partial charge in [0.15, 0.2) is 17.2 Å². The van der Waals surface area contributed by atoms with Crippen LogP contribution in [0.25, 0.3) is 0 Å². The van der Waals surface area contributed by atoms with E-state index in [9.17, 15) is 14.4 Å². The molecule has 5 rings (SSSR count). The first-order valence-corrected chi connectivity index (χ1v) is 12.4. The second-order valence-corrected chi connectivity index (χ2v) is 9.01. The van der Waals surface area contributed by atoms with E-state index in [0.29, 0.717) is 41.1 Å². The molecular formula is C26H27ClN6O6. The molecule has 1 atom stereocenters. The van der Waals surface area contributed by atoms with E-state index in [1.54, 1.807) is 35.2 Å². The number of anilines is 1. The van der Waals surface area contributed by atoms with Crippen LogP contribution in [-0.4, -0.2) is 83.1 Å². The van der Waals surface area contributed by atoms with Gasteiger partial charge in [0.05, 0.1) is 12.1 Å². The van der Waals surface area contributed by atoms with Gasteiger partial charge in [-0.3, -0.25) is 14.6 Å². The Morgan fingerprint density at radius 3 is 2.31 bits per heavy atom. The molecule has 0 spiro atoms. The molecule has 2 aromatic heterocycles. The Bertz CT molecular complexity index is 1330. The monoisotopic (exact) mass is 554 g/mol. The number of carbonyl (C=O) groups is 3. The Morgan fingerprint density at radius 1 is 0.974 bits per heavy atom. The Morgan fingerprint density at radius 2 is 1.67 bits per heavy atom. The average Bonchev–Trinajstić information content (AvgIpc) is 3.21. The molecule has 0 N–H and O–H groups in total. The number of methoxy groups -OCH3 is 1. The van der Waals surface area contributed by atoms with Crippen LogP contribution >= 0.6 is 11.6 Å². The molecule has 2 amide bonds. The number of carbonyl (C=O) groups excluding carboxylic acids is 3. The molecule has 1 unspecified atom stereocenters. The van der Waals surface area contributed by atoms with Gasteiger partial charge in [-0.15, -0.1) is 0 Å². The smallest absolute Gasteiger partial charge is 0.412 e. The Hall–Kier alpha value is -4.29. The van der Waals surface area contributed by atoms with Gasteiger partial charge < -0.3 is 24.0 Å². The summed E-state index contributed by atoms with van der Waals surface area (Å²) < 4.78 is 15.5. The molecule has 39 heavy (non-hydrogen) atoms. The first kappa shape index (κ1) is 27.7. The second-order valence-electron chi connectivity index (χ2n) is 8.57. The van der Waals surface area contributed by atoms with E-state index in [4.69, 9.17) is 25.8 Å². The normalized spacial score (nSPS) is 16.6. The maximum Gasteiger partial charge on any atom is 0.412 e. The van der Waals surface area contributed by atoms with Crippen molar-refractivity contribution >= 4 is 35.4 Å². The summed E-state index contributed by atoms with van der Waals surface area (Å²) >= 11 is 5.89. The van der Waals surface area contributed by atoms with Crippen LogP contribution in [-0.2, 0) is 9.53 Å². The molecule has 0 saturated carbocycles. The highest BCUT2D eigenvalue weighted by Crippen LogP contribution is 2.36. The van der Waals surface area contributed by atoms with Crippen LogP contribution in [0.15, 0.2) is 55.0 Å². The molecule has 0 bridgehead atoms. The molecule has 0 aliphatic carbocycles. The maximum absolute atomic E-state index is 12.8. The van der Waals surface area contributed by atoms with Crippen LogP contribution in [0.1, 0.15) is 29.3 Å². The predicted octanol–water partition coefficient (Wildman–Crippen LogP) is 3.19. The van der Waals surface area contributed by atoms with Gasteiger partial charge in [-0.05, 0) is 31.3 Å². The van der Waals surface area contributed by atoms with Crippen LogP contribution in [0.2, 0.25) is 5.02 Å². The summed E-state index contributed by atoms with van der Waals surface area (Å²) in [6.45, 7) is 3.99. The van der Waals surface area contributed by atoms with Crippen molar-refractivity contribution in [3.05, 3.63) is 71.4 Å². The number of nitrogens with zero attached hydrogens (tertiary/aromatic N) is 6. The zero-order valence-corrected chi connectivity index (χ0v) is 22.4. The van der Waals surface area contributed by atoms with Crippen LogP contribution in [0, 0.1) is 0 Å². The largest absolute Gasteiger partial charge is 0.493 e. The van der Waals surface area contributed by atoms with Gasteiger partial charge in [-0.1, -0.05) is 23.7 Å². The van der Waals surface area contributed by atoms with Crippen molar-refractivity contribution in [1.82, 2.24) is 24.8 Å². The first-order chi connectivity index (χ1) is 18.8. The van der Waals surface area contributed by atoms with Crippen molar-refractivity contribution < 1.29 is 28.6 Å². The van der Waals surface area contributed by atoms with E-state index in [1.165, 1.54) is 37.5 Å². The third kappa shape index (κ3) is 6.59. The molecule has 2 aliphatic heterocycles. The molecule has 3 aromatic rings. The van der Waals surface area contributed by atoms with Crippen molar-refractivity contribution in [2.75, 3.05) is 45.2 Å². The molecule has 204 valence electrons. The van der Waals surface area contributed by atoms with E-state index in [-0.39, 0.29) is 11.7 Å². The van der Waals surface area contributed by atoms with Crippen molar-refractivity contribution in [3.8, 4) is 11.5 Å². The summed E-state index contributed by atoms with van der Waals surface area (Å²) in [5.41, 5.74) is 0.437.